The van der Waals surface area contributed by atoms with Gasteiger partial charge in [-0.1, -0.05) is 41.4 Å². The van der Waals surface area contributed by atoms with Crippen molar-refractivity contribution in [3.8, 4) is 0 Å². The molecule has 0 aliphatic carbocycles. The Bertz CT molecular complexity index is 780. The third-order valence-electron chi connectivity index (χ3n) is 4.75. The molecule has 27 heavy (non-hydrogen) atoms. The Morgan fingerprint density at radius 2 is 1.81 bits per heavy atom. The van der Waals surface area contributed by atoms with Crippen LogP contribution in [0.4, 0.5) is 4.39 Å². The highest BCUT2D eigenvalue weighted by atomic mass is 35.5. The van der Waals surface area contributed by atoms with Crippen LogP contribution in [0.15, 0.2) is 42.5 Å². The van der Waals surface area contributed by atoms with E-state index in [-0.39, 0.29) is 24.2 Å². The maximum Gasteiger partial charge on any atom is 0.224 e. The fourth-order valence-electron chi connectivity index (χ4n) is 3.29. The van der Waals surface area contributed by atoms with E-state index in [1.807, 2.05) is 0 Å². The number of nitrogens with one attached hydrogen (secondary N) is 2. The van der Waals surface area contributed by atoms with Gasteiger partial charge in [0, 0.05) is 5.56 Å². The summed E-state index contributed by atoms with van der Waals surface area (Å²) in [5.74, 6) is -0.355. The van der Waals surface area contributed by atoms with Gasteiger partial charge in [0.15, 0.2) is 0 Å². The van der Waals surface area contributed by atoms with Crippen LogP contribution in [0.3, 0.4) is 0 Å². The fourth-order valence-corrected chi connectivity index (χ4v) is 3.61. The van der Waals surface area contributed by atoms with Crippen molar-refractivity contribution in [1.82, 2.24) is 5.32 Å². The number of rotatable bonds is 6. The van der Waals surface area contributed by atoms with E-state index in [2.05, 4.69) is 5.32 Å². The molecule has 2 aromatic carbocycles. The number of hydrogen-bond acceptors (Lipinski definition) is 2. The second kappa shape index (κ2) is 9.51. The maximum absolute atomic E-state index is 13.3. The molecule has 1 saturated heterocycles. The number of hydrogen-bond donors (Lipinski definition) is 2. The number of halogens is 3. The van der Waals surface area contributed by atoms with Crippen LogP contribution in [0.1, 0.15) is 17.2 Å². The molecule has 0 spiro atoms. The third kappa shape index (κ3) is 5.66. The molecule has 3 rings (SSSR count). The molecule has 7 heteroatoms. The van der Waals surface area contributed by atoms with Gasteiger partial charge in [-0.25, -0.2) is 4.39 Å². The number of carbonyl (C=O) groups is 1. The smallest absolute Gasteiger partial charge is 0.224 e. The molecule has 1 amide bonds. The first kappa shape index (κ1) is 20.1. The zero-order valence-corrected chi connectivity index (χ0v) is 16.3. The molecule has 0 saturated carbocycles. The van der Waals surface area contributed by atoms with Gasteiger partial charge in [-0.2, -0.15) is 0 Å². The minimum atomic E-state index is -0.266. The molecule has 2 aromatic rings. The van der Waals surface area contributed by atoms with Crippen LogP contribution >= 0.6 is 23.2 Å². The van der Waals surface area contributed by atoms with E-state index in [0.29, 0.717) is 29.8 Å². The van der Waals surface area contributed by atoms with Gasteiger partial charge in [-0.3, -0.25) is 4.79 Å². The molecule has 1 heterocycles. The van der Waals surface area contributed by atoms with Crippen LogP contribution in [0.5, 0.6) is 0 Å². The summed E-state index contributed by atoms with van der Waals surface area (Å²) in [5, 5.41) is 3.91. The topological polar surface area (TPSA) is 42.8 Å². The Kier molecular flexibility index (Phi) is 7.07. The average Bonchev–Trinajstić information content (AvgIpc) is 2.67. The lowest BCUT2D eigenvalue weighted by atomic mass is 10.0. The van der Waals surface area contributed by atoms with Crippen LogP contribution in [-0.4, -0.2) is 38.8 Å². The predicted octanol–water partition coefficient (Wildman–Crippen LogP) is 2.45. The number of carbonyl (C=O) groups excluding carboxylic acids is 1. The van der Waals surface area contributed by atoms with Crippen molar-refractivity contribution in [2.45, 2.75) is 12.5 Å². The summed E-state index contributed by atoms with van der Waals surface area (Å²) in [7, 11) is 0. The van der Waals surface area contributed by atoms with Crippen molar-refractivity contribution in [2.24, 2.45) is 0 Å². The molecule has 0 unspecified atom stereocenters. The highest BCUT2D eigenvalue weighted by Crippen LogP contribution is 2.22. The van der Waals surface area contributed by atoms with Gasteiger partial charge in [-0.05, 0) is 29.8 Å². The average molecular weight is 412 g/mol. The van der Waals surface area contributed by atoms with Gasteiger partial charge in [-0.15, -0.1) is 0 Å². The quantitative estimate of drug-likeness (QED) is 0.766. The monoisotopic (exact) mass is 411 g/mol. The second-order valence-corrected chi connectivity index (χ2v) is 7.42. The van der Waals surface area contributed by atoms with Crippen molar-refractivity contribution in [2.75, 3.05) is 32.8 Å². The molecule has 1 atom stereocenters. The summed E-state index contributed by atoms with van der Waals surface area (Å²) >= 11 is 11.9. The van der Waals surface area contributed by atoms with E-state index in [1.54, 1.807) is 30.3 Å². The zero-order valence-electron chi connectivity index (χ0n) is 14.8. The van der Waals surface area contributed by atoms with Crippen molar-refractivity contribution in [1.29, 1.82) is 0 Å². The van der Waals surface area contributed by atoms with Crippen molar-refractivity contribution in [3.63, 3.8) is 0 Å². The van der Waals surface area contributed by atoms with Gasteiger partial charge in [0.2, 0.25) is 5.91 Å². The van der Waals surface area contributed by atoms with E-state index in [4.69, 9.17) is 27.9 Å². The van der Waals surface area contributed by atoms with E-state index < -0.39 is 0 Å². The molecule has 0 bridgehead atoms. The Labute approximate surface area is 168 Å². The Morgan fingerprint density at radius 1 is 1.11 bits per heavy atom. The summed E-state index contributed by atoms with van der Waals surface area (Å²) in [6, 6.07) is 11.7. The van der Waals surface area contributed by atoms with E-state index in [0.717, 1.165) is 24.2 Å². The minimum absolute atomic E-state index is 0.0484. The first-order valence-electron chi connectivity index (χ1n) is 8.91. The highest BCUT2D eigenvalue weighted by molar-refractivity contribution is 6.42. The molecule has 2 N–H and O–H groups in total. The molecule has 144 valence electrons. The standard InChI is InChI=1S/C20H21Cl2FN2O2/c21-17-6-1-14(11-18(17)22)12-20(26)24-13-19(25-7-9-27-10-8-25)15-2-4-16(23)5-3-15/h1-6,11,19H,7-10,12-13H2,(H,24,26)/p+1/t19-/m0/s1. The van der Waals surface area contributed by atoms with E-state index in [9.17, 15) is 9.18 Å². The molecule has 1 aliphatic heterocycles. The molecule has 1 fully saturated rings. The van der Waals surface area contributed by atoms with E-state index >= 15 is 0 Å². The van der Waals surface area contributed by atoms with Gasteiger partial charge in [0.05, 0.1) is 36.2 Å². The normalized spacial score (nSPS) is 16.1. The second-order valence-electron chi connectivity index (χ2n) is 6.60. The third-order valence-corrected chi connectivity index (χ3v) is 5.49. The molecule has 1 aliphatic rings. The van der Waals surface area contributed by atoms with Crippen molar-refractivity contribution in [3.05, 3.63) is 69.5 Å². The van der Waals surface area contributed by atoms with Gasteiger partial charge in [0.1, 0.15) is 24.9 Å². The molecular formula is C20H22Cl2FN2O2+. The summed E-state index contributed by atoms with van der Waals surface area (Å²) in [6.45, 7) is 3.55. The summed E-state index contributed by atoms with van der Waals surface area (Å²) in [6.07, 6.45) is 0.228. The predicted molar refractivity (Wildman–Crippen MR) is 104 cm³/mol. The number of benzene rings is 2. The van der Waals surface area contributed by atoms with Crippen LogP contribution in [0.25, 0.3) is 0 Å². The Balaban J connectivity index is 1.65. The zero-order chi connectivity index (χ0) is 19.2. The van der Waals surface area contributed by atoms with Gasteiger partial charge >= 0.3 is 0 Å². The number of amides is 1. The van der Waals surface area contributed by atoms with E-state index in [1.165, 1.54) is 17.0 Å². The summed E-state index contributed by atoms with van der Waals surface area (Å²) in [4.78, 5) is 13.7. The lowest BCUT2D eigenvalue weighted by Crippen LogP contribution is -3.15. The summed E-state index contributed by atoms with van der Waals surface area (Å²) < 4.78 is 18.7. The van der Waals surface area contributed by atoms with Crippen LogP contribution in [-0.2, 0) is 16.0 Å². The van der Waals surface area contributed by atoms with Crippen LogP contribution in [0.2, 0.25) is 10.0 Å². The van der Waals surface area contributed by atoms with Gasteiger partial charge in [0.25, 0.3) is 0 Å². The first-order valence-corrected chi connectivity index (χ1v) is 9.67. The maximum atomic E-state index is 13.3. The van der Waals surface area contributed by atoms with Crippen molar-refractivity contribution < 1.29 is 18.8 Å². The SMILES string of the molecule is O=C(Cc1ccc(Cl)c(Cl)c1)NC[C@@H](c1ccc(F)cc1)[NH+]1CCOCC1. The van der Waals surface area contributed by atoms with Gasteiger partial charge < -0.3 is 15.0 Å². The first-order chi connectivity index (χ1) is 13.0. The number of quaternary nitrogens is 1. The van der Waals surface area contributed by atoms with Crippen molar-refractivity contribution >= 4 is 29.1 Å². The number of ether oxygens (including phenoxy) is 1. The fraction of sp³-hybridized carbons (Fsp3) is 0.350. The molecule has 0 radical (unpaired) electrons. The summed E-state index contributed by atoms with van der Waals surface area (Å²) in [5.41, 5.74) is 1.81. The highest BCUT2D eigenvalue weighted by Gasteiger charge is 2.26. The molecule has 0 aromatic heterocycles. The lowest BCUT2D eigenvalue weighted by Gasteiger charge is -2.32. The van der Waals surface area contributed by atoms with Crippen LogP contribution < -0.4 is 10.2 Å². The lowest BCUT2D eigenvalue weighted by molar-refractivity contribution is -0.937. The Morgan fingerprint density at radius 3 is 2.48 bits per heavy atom. The number of morpholine rings is 1. The minimum Gasteiger partial charge on any atom is -0.370 e. The Hall–Kier alpha value is -1.66. The molecule has 4 nitrogen and oxygen atoms in total. The molecular weight excluding hydrogens is 390 g/mol. The largest absolute Gasteiger partial charge is 0.370 e. The van der Waals surface area contributed by atoms with Crippen LogP contribution in [0, 0.1) is 5.82 Å².